The van der Waals surface area contributed by atoms with Crippen LogP contribution in [0.3, 0.4) is 0 Å². The van der Waals surface area contributed by atoms with E-state index in [4.69, 9.17) is 17.3 Å². The molecule has 1 aromatic heterocycles. The molecule has 5 heteroatoms. The quantitative estimate of drug-likeness (QED) is 0.734. The van der Waals surface area contributed by atoms with Gasteiger partial charge < -0.3 is 5.73 Å². The van der Waals surface area contributed by atoms with Crippen LogP contribution in [0.2, 0.25) is 5.02 Å². The Hall–Kier alpha value is -1.42. The largest absolute Gasteiger partial charge is 0.366 e. The lowest BCUT2D eigenvalue weighted by Gasteiger charge is -1.94. The Kier molecular flexibility index (Phi) is 2.97. The van der Waals surface area contributed by atoms with Gasteiger partial charge in [-0.1, -0.05) is 11.6 Å². The summed E-state index contributed by atoms with van der Waals surface area (Å²) in [6.45, 7) is 0. The monoisotopic (exact) mass is 200 g/mol. The molecular weight excluding hydrogens is 195 g/mol. The number of carbonyl (C=O) groups excluding carboxylic acids is 1. The van der Waals surface area contributed by atoms with Gasteiger partial charge in [-0.15, -0.1) is 0 Å². The van der Waals surface area contributed by atoms with Crippen LogP contribution in [-0.4, -0.2) is 10.9 Å². The van der Waals surface area contributed by atoms with Gasteiger partial charge in [0.1, 0.15) is 5.82 Å². The average Bonchev–Trinajstić information content (AvgIpc) is 2.02. The van der Waals surface area contributed by atoms with E-state index in [1.54, 1.807) is 0 Å². The van der Waals surface area contributed by atoms with Gasteiger partial charge in [0.15, 0.2) is 0 Å². The molecule has 0 aliphatic carbocycles. The molecule has 0 aliphatic rings. The molecule has 13 heavy (non-hydrogen) atoms. The van der Waals surface area contributed by atoms with E-state index in [9.17, 15) is 9.18 Å². The third-order valence-electron chi connectivity index (χ3n) is 1.24. The number of hydrogen-bond donors (Lipinski definition) is 1. The minimum atomic E-state index is -0.656. The number of rotatable bonds is 2. The average molecular weight is 201 g/mol. The van der Waals surface area contributed by atoms with E-state index >= 15 is 0 Å². The predicted octanol–water partition coefficient (Wildman–Crippen LogP) is 1.37. The molecule has 0 radical (unpaired) electrons. The molecule has 0 saturated heterocycles. The van der Waals surface area contributed by atoms with Crippen LogP contribution in [0.5, 0.6) is 0 Å². The van der Waals surface area contributed by atoms with Gasteiger partial charge in [-0.3, -0.25) is 9.78 Å². The first-order valence-corrected chi connectivity index (χ1v) is 3.76. The van der Waals surface area contributed by atoms with E-state index in [1.165, 1.54) is 12.3 Å². The molecule has 68 valence electrons. The number of primary amides is 1. The predicted molar refractivity (Wildman–Crippen MR) is 47.4 cm³/mol. The Bertz CT molecular complexity index is 365. The van der Waals surface area contributed by atoms with Gasteiger partial charge in [-0.05, 0) is 12.1 Å². The fourth-order valence-corrected chi connectivity index (χ4v) is 0.853. The second-order valence-corrected chi connectivity index (χ2v) is 2.69. The van der Waals surface area contributed by atoms with Crippen molar-refractivity contribution in [1.29, 1.82) is 0 Å². The van der Waals surface area contributed by atoms with Crippen LogP contribution in [0.4, 0.5) is 4.39 Å². The highest BCUT2D eigenvalue weighted by molar-refractivity contribution is 6.30. The molecule has 0 spiro atoms. The second-order valence-electron chi connectivity index (χ2n) is 2.26. The Morgan fingerprint density at radius 3 is 2.92 bits per heavy atom. The number of nitrogens with zero attached hydrogens (tertiary/aromatic N) is 1. The van der Waals surface area contributed by atoms with E-state index in [0.29, 0.717) is 0 Å². The summed E-state index contributed by atoms with van der Waals surface area (Å²) < 4.78 is 13.0. The van der Waals surface area contributed by atoms with Gasteiger partial charge in [0.25, 0.3) is 0 Å². The van der Waals surface area contributed by atoms with Crippen molar-refractivity contribution in [3.05, 3.63) is 34.9 Å². The van der Waals surface area contributed by atoms with Crippen LogP contribution >= 0.6 is 11.6 Å². The minimum Gasteiger partial charge on any atom is -0.366 e. The van der Waals surface area contributed by atoms with Crippen LogP contribution in [0, 0.1) is 5.82 Å². The lowest BCUT2D eigenvalue weighted by molar-refractivity contribution is -0.113. The van der Waals surface area contributed by atoms with E-state index in [1.807, 2.05) is 0 Å². The summed E-state index contributed by atoms with van der Waals surface area (Å²) in [6.07, 6.45) is 3.50. The van der Waals surface area contributed by atoms with Gasteiger partial charge >= 0.3 is 0 Å². The molecule has 1 heterocycles. The smallest absolute Gasteiger partial charge is 0.241 e. The number of pyridine rings is 1. The lowest BCUT2D eigenvalue weighted by Crippen LogP contribution is -2.05. The van der Waals surface area contributed by atoms with E-state index in [2.05, 4.69) is 4.98 Å². The zero-order valence-electron chi connectivity index (χ0n) is 6.50. The molecule has 0 bridgehead atoms. The number of nitrogens with two attached hydrogens (primary N) is 1. The fourth-order valence-electron chi connectivity index (χ4n) is 0.709. The highest BCUT2D eigenvalue weighted by atomic mass is 35.5. The van der Waals surface area contributed by atoms with Crippen LogP contribution < -0.4 is 5.73 Å². The number of carbonyl (C=O) groups is 1. The molecular formula is C8H6ClFN2O. The maximum Gasteiger partial charge on any atom is 0.241 e. The van der Waals surface area contributed by atoms with Crippen molar-refractivity contribution in [2.75, 3.05) is 0 Å². The minimum absolute atomic E-state index is 0.0307. The van der Waals surface area contributed by atoms with E-state index in [-0.39, 0.29) is 10.7 Å². The molecule has 1 rings (SSSR count). The Balaban J connectivity index is 2.96. The summed E-state index contributed by atoms with van der Waals surface area (Å²) in [5.74, 6) is -1.25. The summed E-state index contributed by atoms with van der Waals surface area (Å²) in [5.41, 5.74) is 4.85. The Labute approximate surface area is 79.0 Å². The molecule has 0 saturated carbocycles. The van der Waals surface area contributed by atoms with Gasteiger partial charge in [0.2, 0.25) is 5.91 Å². The zero-order chi connectivity index (χ0) is 9.84. The number of hydrogen-bond acceptors (Lipinski definition) is 2. The molecule has 3 nitrogen and oxygen atoms in total. The van der Waals surface area contributed by atoms with Crippen LogP contribution in [-0.2, 0) is 4.79 Å². The van der Waals surface area contributed by atoms with Crippen molar-refractivity contribution in [3.8, 4) is 0 Å². The van der Waals surface area contributed by atoms with Crippen molar-refractivity contribution in [2.45, 2.75) is 0 Å². The van der Waals surface area contributed by atoms with Gasteiger partial charge in [0.05, 0.1) is 10.7 Å². The summed E-state index contributed by atoms with van der Waals surface area (Å²) in [4.78, 5) is 14.0. The van der Waals surface area contributed by atoms with Crippen LogP contribution in [0.15, 0.2) is 18.3 Å². The molecule has 1 amide bonds. The first-order chi connectivity index (χ1) is 6.09. The highest BCUT2D eigenvalue weighted by Gasteiger charge is 2.00. The van der Waals surface area contributed by atoms with Crippen molar-refractivity contribution in [2.24, 2.45) is 5.73 Å². The molecule has 0 fully saturated rings. The fraction of sp³-hybridized carbons (Fsp3) is 0. The number of halogens is 2. The maximum absolute atomic E-state index is 13.0. The lowest BCUT2D eigenvalue weighted by atomic mass is 10.3. The molecule has 0 aliphatic heterocycles. The summed E-state index contributed by atoms with van der Waals surface area (Å²) in [6, 6.07) is 1.11. The first-order valence-electron chi connectivity index (χ1n) is 3.38. The van der Waals surface area contributed by atoms with Crippen molar-refractivity contribution in [3.63, 3.8) is 0 Å². The highest BCUT2D eigenvalue weighted by Crippen LogP contribution is 2.12. The molecule has 2 N–H and O–H groups in total. The standard InChI is InChI=1S/C8H6ClFN2O/c9-5-3-6(10)7(12-4-5)1-2-8(11)13/h1-4H,(H2,11,13). The SMILES string of the molecule is NC(=O)C=Cc1ncc(Cl)cc1F. The van der Waals surface area contributed by atoms with Crippen LogP contribution in [0.25, 0.3) is 6.08 Å². The topological polar surface area (TPSA) is 56.0 Å². The summed E-state index contributed by atoms with van der Waals surface area (Å²) in [7, 11) is 0. The molecule has 0 aromatic carbocycles. The summed E-state index contributed by atoms with van der Waals surface area (Å²) >= 11 is 5.46. The maximum atomic E-state index is 13.0. The second kappa shape index (κ2) is 4.00. The normalized spacial score (nSPS) is 10.6. The van der Waals surface area contributed by atoms with Gasteiger partial charge in [-0.2, -0.15) is 0 Å². The molecule has 0 unspecified atom stereocenters. The number of aromatic nitrogens is 1. The first kappa shape index (κ1) is 9.67. The number of amides is 1. The zero-order valence-corrected chi connectivity index (χ0v) is 7.25. The van der Waals surface area contributed by atoms with Crippen molar-refractivity contribution in [1.82, 2.24) is 4.98 Å². The Morgan fingerprint density at radius 1 is 1.69 bits per heavy atom. The third kappa shape index (κ3) is 2.83. The van der Waals surface area contributed by atoms with Crippen molar-refractivity contribution < 1.29 is 9.18 Å². The Morgan fingerprint density at radius 2 is 2.38 bits per heavy atom. The third-order valence-corrected chi connectivity index (χ3v) is 1.45. The molecule has 0 atom stereocenters. The van der Waals surface area contributed by atoms with Crippen molar-refractivity contribution >= 4 is 23.6 Å². The van der Waals surface area contributed by atoms with Gasteiger partial charge in [0, 0.05) is 12.3 Å². The van der Waals surface area contributed by atoms with E-state index < -0.39 is 11.7 Å². The van der Waals surface area contributed by atoms with Gasteiger partial charge in [-0.25, -0.2) is 4.39 Å². The van der Waals surface area contributed by atoms with Crippen LogP contribution in [0.1, 0.15) is 5.69 Å². The molecule has 1 aromatic rings. The van der Waals surface area contributed by atoms with E-state index in [0.717, 1.165) is 12.1 Å². The summed E-state index contributed by atoms with van der Waals surface area (Å²) in [5, 5.41) is 0.203.